The summed E-state index contributed by atoms with van der Waals surface area (Å²) in [5.41, 5.74) is 8.73. The average molecular weight is 310 g/mol. The summed E-state index contributed by atoms with van der Waals surface area (Å²) in [7, 11) is 0. The number of anilines is 2. The Morgan fingerprint density at radius 2 is 2.09 bits per heavy atom. The summed E-state index contributed by atoms with van der Waals surface area (Å²) in [6.45, 7) is 2.36. The average Bonchev–Trinajstić information content (AvgIpc) is 2.82. The van der Waals surface area contributed by atoms with Crippen molar-refractivity contribution in [1.82, 2.24) is 0 Å². The minimum Gasteiger partial charge on any atom is -0.492 e. The predicted octanol–water partition coefficient (Wildman–Crippen LogP) is 2.44. The summed E-state index contributed by atoms with van der Waals surface area (Å²) >= 11 is 0. The number of Topliss-reactive ketones (excluding diaryl/α,β-unsaturated/α-hetero) is 1. The van der Waals surface area contributed by atoms with E-state index >= 15 is 0 Å². The van der Waals surface area contributed by atoms with E-state index in [9.17, 15) is 9.59 Å². The van der Waals surface area contributed by atoms with Gasteiger partial charge in [0, 0.05) is 23.0 Å². The second-order valence-corrected chi connectivity index (χ2v) is 5.54. The van der Waals surface area contributed by atoms with Crippen LogP contribution >= 0.6 is 0 Å². The summed E-state index contributed by atoms with van der Waals surface area (Å²) in [5.74, 6) is 0.712. The lowest BCUT2D eigenvalue weighted by Gasteiger charge is -2.18. The van der Waals surface area contributed by atoms with Crippen LogP contribution in [0.25, 0.3) is 0 Å². The summed E-state index contributed by atoms with van der Waals surface area (Å²) in [6.07, 6.45) is 0.328. The van der Waals surface area contributed by atoms with E-state index in [-0.39, 0.29) is 11.7 Å². The highest BCUT2D eigenvalue weighted by atomic mass is 16.5. The van der Waals surface area contributed by atoms with Crippen LogP contribution < -0.4 is 15.4 Å². The maximum Gasteiger partial charge on any atom is 0.231 e. The van der Waals surface area contributed by atoms with Crippen molar-refractivity contribution in [1.29, 1.82) is 0 Å². The minimum absolute atomic E-state index is 0.00342. The molecule has 0 radical (unpaired) electrons. The number of rotatable bonds is 5. The van der Waals surface area contributed by atoms with Crippen LogP contribution in [0.1, 0.15) is 22.8 Å². The van der Waals surface area contributed by atoms with E-state index in [0.29, 0.717) is 36.6 Å². The molecule has 5 nitrogen and oxygen atoms in total. The number of amides is 1. The lowest BCUT2D eigenvalue weighted by molar-refractivity contribution is -0.117. The molecule has 5 heteroatoms. The van der Waals surface area contributed by atoms with Crippen LogP contribution in [0, 0.1) is 0 Å². The van der Waals surface area contributed by atoms with Crippen molar-refractivity contribution in [3.05, 3.63) is 53.6 Å². The van der Waals surface area contributed by atoms with Gasteiger partial charge in [0.2, 0.25) is 5.91 Å². The first-order valence-corrected chi connectivity index (χ1v) is 7.47. The summed E-state index contributed by atoms with van der Waals surface area (Å²) in [6, 6.07) is 12.6. The van der Waals surface area contributed by atoms with Crippen LogP contribution in [-0.2, 0) is 11.2 Å². The van der Waals surface area contributed by atoms with Gasteiger partial charge in [-0.05, 0) is 42.8 Å². The van der Waals surface area contributed by atoms with Gasteiger partial charge in [-0.15, -0.1) is 0 Å². The fourth-order valence-electron chi connectivity index (χ4n) is 2.71. The van der Waals surface area contributed by atoms with Crippen LogP contribution in [0.4, 0.5) is 11.4 Å². The van der Waals surface area contributed by atoms with Crippen LogP contribution in [-0.4, -0.2) is 24.8 Å². The molecule has 2 N–H and O–H groups in total. The third-order valence-electron chi connectivity index (χ3n) is 3.86. The molecule has 1 heterocycles. The molecule has 2 aromatic carbocycles. The minimum atomic E-state index is 0.00342. The van der Waals surface area contributed by atoms with Gasteiger partial charge in [0.1, 0.15) is 12.4 Å². The van der Waals surface area contributed by atoms with Crippen molar-refractivity contribution in [3.8, 4) is 5.75 Å². The molecule has 0 atom stereocenters. The second kappa shape index (κ2) is 6.12. The number of nitrogens with two attached hydrogens (primary N) is 1. The number of ketones is 1. The van der Waals surface area contributed by atoms with E-state index in [1.54, 1.807) is 29.2 Å². The first-order chi connectivity index (χ1) is 11.0. The maximum absolute atomic E-state index is 12.2. The van der Waals surface area contributed by atoms with E-state index in [2.05, 4.69) is 0 Å². The third kappa shape index (κ3) is 3.18. The zero-order valence-electron chi connectivity index (χ0n) is 12.9. The molecule has 0 fully saturated rings. The highest BCUT2D eigenvalue weighted by molar-refractivity contribution is 6.03. The Balaban J connectivity index is 1.68. The zero-order chi connectivity index (χ0) is 16.4. The number of fused-ring (bicyclic) bond motifs is 1. The molecule has 0 saturated heterocycles. The Morgan fingerprint density at radius 1 is 1.26 bits per heavy atom. The molecular weight excluding hydrogens is 292 g/mol. The molecule has 23 heavy (non-hydrogen) atoms. The van der Waals surface area contributed by atoms with Crippen molar-refractivity contribution in [2.45, 2.75) is 13.3 Å². The smallest absolute Gasteiger partial charge is 0.231 e. The second-order valence-electron chi connectivity index (χ2n) is 5.54. The molecule has 0 aliphatic carbocycles. The Kier molecular flexibility index (Phi) is 4.02. The van der Waals surface area contributed by atoms with Gasteiger partial charge in [-0.25, -0.2) is 0 Å². The first kappa shape index (κ1) is 15.1. The number of hydrogen-bond donors (Lipinski definition) is 1. The number of carbonyl (C=O) groups excluding carboxylic acids is 2. The normalized spacial score (nSPS) is 13.1. The number of ether oxygens (including phenoxy) is 1. The molecular formula is C18H18N2O3. The maximum atomic E-state index is 12.2. The number of carbonyl (C=O) groups is 2. The monoisotopic (exact) mass is 310 g/mol. The molecule has 118 valence electrons. The molecule has 0 unspecified atom stereocenters. The molecule has 0 aromatic heterocycles. The van der Waals surface area contributed by atoms with Crippen molar-refractivity contribution >= 4 is 23.1 Å². The molecule has 0 bridgehead atoms. The topological polar surface area (TPSA) is 72.6 Å². The lowest BCUT2D eigenvalue weighted by atomic mass is 10.1. The molecule has 0 spiro atoms. The lowest BCUT2D eigenvalue weighted by Crippen LogP contribution is -2.31. The van der Waals surface area contributed by atoms with Gasteiger partial charge in [-0.3, -0.25) is 9.59 Å². The Bertz CT molecular complexity index is 771. The van der Waals surface area contributed by atoms with Crippen LogP contribution in [0.5, 0.6) is 5.75 Å². The van der Waals surface area contributed by atoms with Crippen LogP contribution in [0.15, 0.2) is 42.5 Å². The van der Waals surface area contributed by atoms with Crippen molar-refractivity contribution < 1.29 is 14.3 Å². The SMILES string of the molecule is CC(=O)c1ccc2c(c1)CC(=O)N2CCOc1cccc(N)c1. The molecule has 2 aromatic rings. The Hall–Kier alpha value is -2.82. The Morgan fingerprint density at radius 3 is 2.83 bits per heavy atom. The summed E-state index contributed by atoms with van der Waals surface area (Å²) in [4.78, 5) is 25.3. The van der Waals surface area contributed by atoms with Crippen LogP contribution in [0.3, 0.4) is 0 Å². The first-order valence-electron chi connectivity index (χ1n) is 7.47. The van der Waals surface area contributed by atoms with Gasteiger partial charge in [0.25, 0.3) is 0 Å². The van der Waals surface area contributed by atoms with Crippen molar-refractivity contribution in [2.24, 2.45) is 0 Å². The van der Waals surface area contributed by atoms with Crippen LogP contribution in [0.2, 0.25) is 0 Å². The standard InChI is InChI=1S/C18H18N2O3/c1-12(21)13-5-6-17-14(9-13)10-18(22)20(17)7-8-23-16-4-2-3-15(19)11-16/h2-6,9,11H,7-8,10,19H2,1H3. The highest BCUT2D eigenvalue weighted by Crippen LogP contribution is 2.29. The predicted molar refractivity (Wildman–Crippen MR) is 88.9 cm³/mol. The largest absolute Gasteiger partial charge is 0.492 e. The van der Waals surface area contributed by atoms with E-state index < -0.39 is 0 Å². The molecule has 0 saturated carbocycles. The van der Waals surface area contributed by atoms with Gasteiger partial charge < -0.3 is 15.4 Å². The van der Waals surface area contributed by atoms with E-state index in [1.165, 1.54) is 6.92 Å². The highest BCUT2D eigenvalue weighted by Gasteiger charge is 2.27. The quantitative estimate of drug-likeness (QED) is 0.680. The molecule has 1 amide bonds. The number of benzene rings is 2. The van der Waals surface area contributed by atoms with Crippen molar-refractivity contribution in [2.75, 3.05) is 23.8 Å². The van der Waals surface area contributed by atoms with Gasteiger partial charge >= 0.3 is 0 Å². The molecule has 1 aliphatic heterocycles. The van der Waals surface area contributed by atoms with E-state index in [4.69, 9.17) is 10.5 Å². The van der Waals surface area contributed by atoms with Gasteiger partial charge in [0.15, 0.2) is 5.78 Å². The van der Waals surface area contributed by atoms with Gasteiger partial charge in [0.05, 0.1) is 13.0 Å². The van der Waals surface area contributed by atoms with E-state index in [1.807, 2.05) is 18.2 Å². The van der Waals surface area contributed by atoms with Gasteiger partial charge in [-0.2, -0.15) is 0 Å². The fraction of sp³-hybridized carbons (Fsp3) is 0.222. The molecule has 1 aliphatic rings. The fourth-order valence-corrected chi connectivity index (χ4v) is 2.71. The van der Waals surface area contributed by atoms with E-state index in [0.717, 1.165) is 11.3 Å². The summed E-state index contributed by atoms with van der Waals surface area (Å²) < 4.78 is 5.65. The summed E-state index contributed by atoms with van der Waals surface area (Å²) in [5, 5.41) is 0. The third-order valence-corrected chi connectivity index (χ3v) is 3.86. The Labute approximate surface area is 134 Å². The number of hydrogen-bond acceptors (Lipinski definition) is 4. The number of nitrogen functional groups attached to an aromatic ring is 1. The zero-order valence-corrected chi connectivity index (χ0v) is 12.9. The van der Waals surface area contributed by atoms with Gasteiger partial charge in [-0.1, -0.05) is 6.07 Å². The van der Waals surface area contributed by atoms with Crippen molar-refractivity contribution in [3.63, 3.8) is 0 Å². The molecule has 3 rings (SSSR count). The number of nitrogens with zero attached hydrogens (tertiary/aromatic N) is 1.